The van der Waals surface area contributed by atoms with Gasteiger partial charge < -0.3 is 34.4 Å². The van der Waals surface area contributed by atoms with Crippen LogP contribution in [0.3, 0.4) is 0 Å². The third kappa shape index (κ3) is 6.09. The summed E-state index contributed by atoms with van der Waals surface area (Å²) < 4.78 is 6.39. The third-order valence-electron chi connectivity index (χ3n) is 11.3. The Labute approximate surface area is 317 Å². The molecule has 2 fully saturated rings. The Balaban J connectivity index is 0.933. The van der Waals surface area contributed by atoms with Gasteiger partial charge in [-0.2, -0.15) is 0 Å². The minimum atomic E-state index is -1.65. The molecule has 11 nitrogen and oxygen atoms in total. The number of rotatable bonds is 8. The predicted octanol–water partition coefficient (Wildman–Crippen LogP) is 7.51. The van der Waals surface area contributed by atoms with Gasteiger partial charge in [0.05, 0.1) is 34.2 Å². The molecule has 0 unspecified atom stereocenters. The molecule has 11 heteroatoms. The summed E-state index contributed by atoms with van der Waals surface area (Å²) in [5.74, 6) is 2.09. The van der Waals surface area contributed by atoms with Crippen molar-refractivity contribution in [2.24, 2.45) is 0 Å². The largest absolute Gasteiger partial charge is 0.456 e. The number of aromatic amines is 2. The molecule has 0 bridgehead atoms. The van der Waals surface area contributed by atoms with E-state index in [2.05, 4.69) is 9.97 Å². The van der Waals surface area contributed by atoms with Crippen molar-refractivity contribution in [3.63, 3.8) is 0 Å². The van der Waals surface area contributed by atoms with E-state index >= 15 is 0 Å². The fourth-order valence-corrected chi connectivity index (χ4v) is 8.24. The molecule has 4 N–H and O–H groups in total. The van der Waals surface area contributed by atoms with E-state index < -0.39 is 11.2 Å². The molecule has 0 spiro atoms. The van der Waals surface area contributed by atoms with Gasteiger partial charge >= 0.3 is 0 Å². The number of carbonyl (C=O) groups excluding carboxylic acids is 2. The number of nitrogens with one attached hydrogen (secondary N) is 2. The lowest BCUT2D eigenvalue weighted by Gasteiger charge is -2.31. The number of H-pyrrole nitrogens is 2. The summed E-state index contributed by atoms with van der Waals surface area (Å²) in [6.45, 7) is 4.21. The molecule has 2 aliphatic rings. The normalized spacial score (nSPS) is 19.6. The molecule has 7 aromatic rings. The van der Waals surface area contributed by atoms with E-state index in [4.69, 9.17) is 14.4 Å². The molecule has 278 valence electrons. The highest BCUT2D eigenvalue weighted by Crippen LogP contribution is 2.39. The highest BCUT2D eigenvalue weighted by molar-refractivity contribution is 5.88. The van der Waals surface area contributed by atoms with Crippen LogP contribution < -0.4 is 0 Å². The lowest BCUT2D eigenvalue weighted by atomic mass is 9.94. The van der Waals surface area contributed by atoms with E-state index in [1.165, 1.54) is 0 Å². The molecule has 5 heterocycles. The van der Waals surface area contributed by atoms with Crippen LogP contribution >= 0.6 is 0 Å². The highest BCUT2D eigenvalue weighted by atomic mass is 16.3. The second-order valence-corrected chi connectivity index (χ2v) is 15.1. The molecule has 2 saturated heterocycles. The summed E-state index contributed by atoms with van der Waals surface area (Å²) in [5, 5.41) is 22.6. The number of nitrogens with zero attached hydrogens (tertiary/aromatic N) is 4. The molecular formula is C44H42N6O5. The van der Waals surface area contributed by atoms with Crippen LogP contribution in [0.2, 0.25) is 0 Å². The Morgan fingerprint density at radius 1 is 0.636 bits per heavy atom. The summed E-state index contributed by atoms with van der Waals surface area (Å²) >= 11 is 0. The molecule has 2 aliphatic heterocycles. The zero-order chi connectivity index (χ0) is 37.9. The van der Waals surface area contributed by atoms with Crippen LogP contribution in [0.25, 0.3) is 44.7 Å². The summed E-state index contributed by atoms with van der Waals surface area (Å²) in [7, 11) is 0. The smallest absolute Gasteiger partial charge is 0.259 e. The monoisotopic (exact) mass is 734 g/mol. The quantitative estimate of drug-likeness (QED) is 0.126. The van der Waals surface area contributed by atoms with E-state index in [-0.39, 0.29) is 23.9 Å². The van der Waals surface area contributed by atoms with Crippen LogP contribution in [-0.4, -0.2) is 64.9 Å². The van der Waals surface area contributed by atoms with Crippen molar-refractivity contribution in [2.45, 2.75) is 62.8 Å². The number of furan rings is 1. The molecule has 0 aliphatic carbocycles. The van der Waals surface area contributed by atoms with Gasteiger partial charge in [0.25, 0.3) is 11.8 Å². The van der Waals surface area contributed by atoms with E-state index in [1.54, 1.807) is 47.9 Å². The first-order valence-electron chi connectivity index (χ1n) is 18.9. The minimum Gasteiger partial charge on any atom is -0.456 e. The Hall–Kier alpha value is -6.04. The zero-order valence-electron chi connectivity index (χ0n) is 30.7. The van der Waals surface area contributed by atoms with E-state index in [0.29, 0.717) is 47.4 Å². The maximum Gasteiger partial charge on any atom is 0.259 e. The molecule has 0 saturated carbocycles. The third-order valence-corrected chi connectivity index (χ3v) is 11.3. The van der Waals surface area contributed by atoms with E-state index in [9.17, 15) is 19.8 Å². The van der Waals surface area contributed by atoms with Crippen molar-refractivity contribution < 1.29 is 24.2 Å². The number of fused-ring (bicyclic) bond motifs is 2. The zero-order valence-corrected chi connectivity index (χ0v) is 30.7. The van der Waals surface area contributed by atoms with E-state index in [1.807, 2.05) is 84.9 Å². The van der Waals surface area contributed by atoms with Crippen molar-refractivity contribution >= 4 is 33.9 Å². The van der Waals surface area contributed by atoms with Gasteiger partial charge in [-0.05, 0) is 99.2 Å². The first kappa shape index (κ1) is 34.7. The highest BCUT2D eigenvalue weighted by Gasteiger charge is 2.43. The standard InChI is InChI=1S/C44H42N6O5/c1-43(53,29-11-5-3-6-12-29)41(51)49-23-9-15-35(49)39-45-31-19-17-27(25-33(31)47-39)37-21-22-38(55-37)28-18-20-32-34(26-28)48-40(46-32)36-16-10-24-50(36)42(52)44(2,54)30-13-7-4-8-14-30/h3-8,11-14,17-22,25-26,35-36,53-54H,9-10,15-16,23-24H2,1-2H3,(H,45,47)(H,46,48)/t35-,36-,43+,44+/m0/s1. The van der Waals surface area contributed by atoms with Gasteiger partial charge in [-0.15, -0.1) is 0 Å². The molecule has 55 heavy (non-hydrogen) atoms. The molecule has 9 rings (SSSR count). The fourth-order valence-electron chi connectivity index (χ4n) is 8.24. The summed E-state index contributed by atoms with van der Waals surface area (Å²) in [6.07, 6.45) is 3.14. The average molecular weight is 735 g/mol. The summed E-state index contributed by atoms with van der Waals surface area (Å²) in [6, 6.07) is 33.3. The SMILES string of the molecule is C[C@](O)(C(=O)N1CCC[C@H]1c1nc2cc(-c3ccc(-c4ccc5[nH]c([C@@H]6CCCN6C(=O)[C@](C)(O)c6ccccc6)nc5c4)o3)ccc2[nH]1)c1ccccc1. The van der Waals surface area contributed by atoms with Crippen molar-refractivity contribution in [1.29, 1.82) is 0 Å². The molecular weight excluding hydrogens is 693 g/mol. The second kappa shape index (κ2) is 13.4. The first-order chi connectivity index (χ1) is 26.6. The number of aliphatic hydroxyl groups is 2. The fraction of sp³-hybridized carbons (Fsp3) is 0.273. The number of benzene rings is 4. The number of carbonyl (C=O) groups is 2. The number of imidazole rings is 2. The van der Waals surface area contributed by atoms with E-state index in [0.717, 1.165) is 58.9 Å². The van der Waals surface area contributed by atoms with Crippen molar-refractivity contribution in [3.05, 3.63) is 132 Å². The van der Waals surface area contributed by atoms with Crippen LogP contribution in [0.15, 0.2) is 114 Å². The lowest BCUT2D eigenvalue weighted by Crippen LogP contribution is -2.45. The van der Waals surface area contributed by atoms with Gasteiger partial charge in [-0.25, -0.2) is 9.97 Å². The van der Waals surface area contributed by atoms with Gasteiger partial charge in [0.1, 0.15) is 23.2 Å². The molecule has 4 atom stereocenters. The van der Waals surface area contributed by atoms with Gasteiger partial charge in [0.2, 0.25) is 0 Å². The Kier molecular flexibility index (Phi) is 8.43. The minimum absolute atomic E-state index is 0.271. The second-order valence-electron chi connectivity index (χ2n) is 15.1. The lowest BCUT2D eigenvalue weighted by molar-refractivity contribution is -0.152. The molecule has 2 amide bonds. The molecule has 0 radical (unpaired) electrons. The summed E-state index contributed by atoms with van der Waals surface area (Å²) in [4.78, 5) is 47.5. The van der Waals surface area contributed by atoms with Crippen LogP contribution in [-0.2, 0) is 20.8 Å². The van der Waals surface area contributed by atoms with Gasteiger partial charge in [-0.1, -0.05) is 60.7 Å². The van der Waals surface area contributed by atoms with Crippen LogP contribution in [0, 0.1) is 0 Å². The van der Waals surface area contributed by atoms with Crippen LogP contribution in [0.1, 0.15) is 74.4 Å². The Morgan fingerprint density at radius 3 is 1.47 bits per heavy atom. The number of hydrogen-bond acceptors (Lipinski definition) is 7. The van der Waals surface area contributed by atoms with Gasteiger partial charge in [-0.3, -0.25) is 9.59 Å². The van der Waals surface area contributed by atoms with Gasteiger partial charge in [0.15, 0.2) is 11.2 Å². The molecule has 3 aromatic heterocycles. The van der Waals surface area contributed by atoms with Crippen LogP contribution in [0.5, 0.6) is 0 Å². The molecule has 4 aromatic carbocycles. The number of likely N-dealkylation sites (tertiary alicyclic amines) is 2. The van der Waals surface area contributed by atoms with Gasteiger partial charge in [0, 0.05) is 24.2 Å². The van der Waals surface area contributed by atoms with Crippen molar-refractivity contribution in [1.82, 2.24) is 29.7 Å². The average Bonchev–Trinajstić information content (AvgIpc) is 4.06. The maximum atomic E-state index is 13.7. The van der Waals surface area contributed by atoms with Crippen molar-refractivity contribution in [3.8, 4) is 22.6 Å². The predicted molar refractivity (Wildman–Crippen MR) is 208 cm³/mol. The maximum absolute atomic E-state index is 13.7. The summed E-state index contributed by atoms with van der Waals surface area (Å²) in [5.41, 5.74) is 2.78. The number of aromatic nitrogens is 4. The van der Waals surface area contributed by atoms with Crippen LogP contribution in [0.4, 0.5) is 0 Å². The van der Waals surface area contributed by atoms with Crippen molar-refractivity contribution in [2.75, 3.05) is 13.1 Å². The Morgan fingerprint density at radius 2 is 1.05 bits per heavy atom. The number of hydrogen-bond donors (Lipinski definition) is 4. The number of amides is 2. The first-order valence-corrected chi connectivity index (χ1v) is 18.9. The topological polar surface area (TPSA) is 152 Å². The Bertz CT molecular complexity index is 2360.